The fourth-order valence-electron chi connectivity index (χ4n) is 1.38. The Morgan fingerprint density at radius 3 is 2.50 bits per heavy atom. The Bertz CT molecular complexity index is 673. The Labute approximate surface area is 121 Å². The molecule has 118 valence electrons. The van der Waals surface area contributed by atoms with Gasteiger partial charge in [-0.05, 0) is 12.1 Å². The molecule has 0 radical (unpaired) electrons. The van der Waals surface area contributed by atoms with E-state index in [1.54, 1.807) is 0 Å². The molecular formula is C11H10F4N6O. The van der Waals surface area contributed by atoms with Crippen LogP contribution in [0.5, 0.6) is 5.75 Å². The summed E-state index contributed by atoms with van der Waals surface area (Å²) >= 11 is 0. The molecule has 11 heteroatoms. The van der Waals surface area contributed by atoms with Crippen LogP contribution in [0, 0.1) is 0 Å². The van der Waals surface area contributed by atoms with Crippen molar-refractivity contribution >= 4 is 22.9 Å². The summed E-state index contributed by atoms with van der Waals surface area (Å²) in [6.07, 6.45) is -7.42. The molecule has 1 aromatic carbocycles. The number of benzene rings is 1. The van der Waals surface area contributed by atoms with Crippen molar-refractivity contribution in [3.63, 3.8) is 0 Å². The number of nitrogen functional groups attached to an aromatic ring is 2. The van der Waals surface area contributed by atoms with Gasteiger partial charge in [0.25, 0.3) is 0 Å². The Hall–Kier alpha value is -2.85. The van der Waals surface area contributed by atoms with Gasteiger partial charge in [-0.1, -0.05) is 0 Å². The van der Waals surface area contributed by atoms with Crippen molar-refractivity contribution < 1.29 is 22.3 Å². The molecule has 5 N–H and O–H groups in total. The first-order valence-corrected chi connectivity index (χ1v) is 5.75. The molecule has 7 nitrogen and oxygen atoms in total. The summed E-state index contributed by atoms with van der Waals surface area (Å²) in [6, 6.07) is 3.85. The third-order valence-corrected chi connectivity index (χ3v) is 2.45. The third-order valence-electron chi connectivity index (χ3n) is 2.45. The van der Waals surface area contributed by atoms with E-state index in [4.69, 9.17) is 11.5 Å². The van der Waals surface area contributed by atoms with Gasteiger partial charge in [0.15, 0.2) is 11.6 Å². The van der Waals surface area contributed by atoms with E-state index < -0.39 is 24.0 Å². The monoisotopic (exact) mass is 318 g/mol. The number of H-pyrrole nitrogens is 1. The largest absolute Gasteiger partial charge is 0.461 e. The number of ether oxygens (including phenoxy) is 1. The molecular weight excluding hydrogens is 308 g/mol. The second-order valence-corrected chi connectivity index (χ2v) is 4.02. The van der Waals surface area contributed by atoms with Crippen LogP contribution in [0.3, 0.4) is 0 Å². The van der Waals surface area contributed by atoms with E-state index in [1.165, 1.54) is 18.3 Å². The summed E-state index contributed by atoms with van der Waals surface area (Å²) in [7, 11) is 0. The molecule has 1 aromatic heterocycles. The topological polar surface area (TPSA) is 115 Å². The second kappa shape index (κ2) is 5.87. The number of rotatable bonds is 5. The van der Waals surface area contributed by atoms with Crippen LogP contribution in [0.1, 0.15) is 0 Å². The smallest absolute Gasteiger partial charge is 0.424 e. The molecule has 0 saturated carbocycles. The lowest BCUT2D eigenvalue weighted by Crippen LogP contribution is -2.33. The minimum Gasteiger partial charge on any atom is -0.424 e. The van der Waals surface area contributed by atoms with Crippen molar-refractivity contribution in [1.29, 1.82) is 0 Å². The quantitative estimate of drug-likeness (QED) is 0.446. The van der Waals surface area contributed by atoms with E-state index in [-0.39, 0.29) is 17.2 Å². The minimum absolute atomic E-state index is 0.124. The molecule has 2 aromatic rings. The standard InChI is InChI=1S/C11H10F4N6O/c12-10(13)11(14,15)22-9-6(2-1-5(16)8(9)17)19-21-7-3-4-18-20-7/h1-4,10H,16-17H2,(H,18,20). The van der Waals surface area contributed by atoms with E-state index in [0.29, 0.717) is 0 Å². The predicted octanol–water partition coefficient (Wildman–Crippen LogP) is 3.23. The SMILES string of the molecule is Nc1ccc(N=Nc2ccn[nH]2)c(OC(F)(F)C(F)F)c1N. The van der Waals surface area contributed by atoms with Crippen LogP contribution < -0.4 is 16.2 Å². The highest BCUT2D eigenvalue weighted by atomic mass is 19.3. The molecule has 22 heavy (non-hydrogen) atoms. The molecule has 0 amide bonds. The number of aromatic amines is 1. The summed E-state index contributed by atoms with van der Waals surface area (Å²) in [4.78, 5) is 0. The van der Waals surface area contributed by atoms with Crippen LogP contribution in [0.15, 0.2) is 34.6 Å². The fourth-order valence-corrected chi connectivity index (χ4v) is 1.38. The van der Waals surface area contributed by atoms with Crippen molar-refractivity contribution in [1.82, 2.24) is 10.2 Å². The number of nitrogens with zero attached hydrogens (tertiary/aromatic N) is 3. The molecule has 0 bridgehead atoms. The first-order valence-electron chi connectivity index (χ1n) is 5.75. The van der Waals surface area contributed by atoms with Crippen molar-refractivity contribution in [2.75, 3.05) is 11.5 Å². The number of aromatic nitrogens is 2. The number of anilines is 2. The summed E-state index contributed by atoms with van der Waals surface area (Å²) < 4.78 is 54.7. The van der Waals surface area contributed by atoms with Crippen molar-refractivity contribution in [2.45, 2.75) is 12.5 Å². The highest BCUT2D eigenvalue weighted by Gasteiger charge is 2.45. The molecule has 0 spiro atoms. The number of azo groups is 1. The molecule has 0 unspecified atom stereocenters. The molecule has 0 saturated heterocycles. The zero-order valence-corrected chi connectivity index (χ0v) is 10.8. The van der Waals surface area contributed by atoms with Crippen LogP contribution in [0.25, 0.3) is 0 Å². The summed E-state index contributed by atoms with van der Waals surface area (Å²) in [5.74, 6) is -0.574. The van der Waals surface area contributed by atoms with Crippen LogP contribution in [0.2, 0.25) is 0 Å². The highest BCUT2D eigenvalue weighted by molar-refractivity contribution is 5.78. The van der Waals surface area contributed by atoms with E-state index in [2.05, 4.69) is 25.2 Å². The molecule has 0 atom stereocenters. The number of hydrogen-bond acceptors (Lipinski definition) is 6. The molecule has 0 aliphatic rings. The maximum absolute atomic E-state index is 13.1. The molecule has 2 rings (SSSR count). The van der Waals surface area contributed by atoms with Gasteiger partial charge in [-0.3, -0.25) is 5.10 Å². The van der Waals surface area contributed by atoms with E-state index in [0.717, 1.165) is 6.07 Å². The van der Waals surface area contributed by atoms with Gasteiger partial charge >= 0.3 is 12.5 Å². The van der Waals surface area contributed by atoms with Gasteiger partial charge in [0, 0.05) is 6.07 Å². The summed E-state index contributed by atoms with van der Waals surface area (Å²) in [5, 5.41) is 13.3. The normalized spacial score (nSPS) is 12.2. The lowest BCUT2D eigenvalue weighted by molar-refractivity contribution is -0.252. The van der Waals surface area contributed by atoms with Crippen LogP contribution in [-0.2, 0) is 0 Å². The zero-order chi connectivity index (χ0) is 16.3. The Balaban J connectivity index is 2.40. The number of hydrogen-bond donors (Lipinski definition) is 3. The average Bonchev–Trinajstić information content (AvgIpc) is 2.96. The first kappa shape index (κ1) is 15.5. The third kappa shape index (κ3) is 3.24. The van der Waals surface area contributed by atoms with Crippen LogP contribution >= 0.6 is 0 Å². The highest BCUT2D eigenvalue weighted by Crippen LogP contribution is 2.42. The number of nitrogens with two attached hydrogens (primary N) is 2. The first-order chi connectivity index (χ1) is 10.3. The average molecular weight is 318 g/mol. The van der Waals surface area contributed by atoms with Gasteiger partial charge in [0.05, 0.1) is 11.9 Å². The molecule has 0 fully saturated rings. The van der Waals surface area contributed by atoms with Gasteiger partial charge in [-0.2, -0.15) is 22.7 Å². The van der Waals surface area contributed by atoms with Gasteiger partial charge in [0.1, 0.15) is 11.4 Å². The van der Waals surface area contributed by atoms with Crippen LogP contribution in [0.4, 0.5) is 40.4 Å². The summed E-state index contributed by atoms with van der Waals surface area (Å²) in [6.45, 7) is 0. The Kier molecular flexibility index (Phi) is 4.15. The molecule has 0 aliphatic carbocycles. The van der Waals surface area contributed by atoms with Crippen molar-refractivity contribution in [3.05, 3.63) is 24.4 Å². The maximum Gasteiger partial charge on any atom is 0.461 e. The molecule has 0 aliphatic heterocycles. The van der Waals surface area contributed by atoms with Gasteiger partial charge in [-0.25, -0.2) is 0 Å². The van der Waals surface area contributed by atoms with Gasteiger partial charge in [0.2, 0.25) is 0 Å². The van der Waals surface area contributed by atoms with Gasteiger partial charge in [-0.15, -0.1) is 10.2 Å². The number of alkyl halides is 4. The number of halogens is 4. The zero-order valence-electron chi connectivity index (χ0n) is 10.8. The number of nitrogens with one attached hydrogen (secondary N) is 1. The van der Waals surface area contributed by atoms with Crippen molar-refractivity contribution in [2.24, 2.45) is 10.2 Å². The van der Waals surface area contributed by atoms with E-state index >= 15 is 0 Å². The second-order valence-electron chi connectivity index (χ2n) is 4.02. The lowest BCUT2D eigenvalue weighted by atomic mass is 10.2. The fraction of sp³-hybridized carbons (Fsp3) is 0.182. The van der Waals surface area contributed by atoms with Crippen molar-refractivity contribution in [3.8, 4) is 5.75 Å². The lowest BCUT2D eigenvalue weighted by Gasteiger charge is -2.19. The van der Waals surface area contributed by atoms with E-state index in [1.807, 2.05) is 0 Å². The van der Waals surface area contributed by atoms with Gasteiger partial charge < -0.3 is 16.2 Å². The predicted molar refractivity (Wildman–Crippen MR) is 69.6 cm³/mol. The minimum atomic E-state index is -4.75. The van der Waals surface area contributed by atoms with E-state index in [9.17, 15) is 17.6 Å². The van der Waals surface area contributed by atoms with Crippen LogP contribution in [-0.4, -0.2) is 22.7 Å². The molecule has 1 heterocycles. The Morgan fingerprint density at radius 1 is 1.18 bits per heavy atom. The summed E-state index contributed by atoms with van der Waals surface area (Å²) in [5.41, 5.74) is 10.1. The Morgan fingerprint density at radius 2 is 1.91 bits per heavy atom. The maximum atomic E-state index is 13.1.